The van der Waals surface area contributed by atoms with Gasteiger partial charge in [-0.05, 0) is 30.9 Å². The molecular weight excluding hydrogens is 393 g/mol. The molecule has 2 aliphatic heterocycles. The van der Waals surface area contributed by atoms with E-state index in [4.69, 9.17) is 4.74 Å². The van der Waals surface area contributed by atoms with Crippen molar-refractivity contribution in [3.63, 3.8) is 0 Å². The number of carbonyl (C=O) groups excluding carboxylic acids is 2. The van der Waals surface area contributed by atoms with Crippen LogP contribution in [0.2, 0.25) is 0 Å². The molecule has 2 fully saturated rings. The third-order valence-corrected chi connectivity index (χ3v) is 4.98. The van der Waals surface area contributed by atoms with E-state index in [0.717, 1.165) is 4.90 Å². The van der Waals surface area contributed by atoms with E-state index in [0.29, 0.717) is 31.6 Å². The van der Waals surface area contributed by atoms with Gasteiger partial charge in [0.2, 0.25) is 0 Å². The first kappa shape index (κ1) is 21.3. The summed E-state index contributed by atoms with van der Waals surface area (Å²) in [5.41, 5.74) is 0.173. The molecular formula is C18H23F3N4O4. The lowest BCUT2D eigenvalue weighted by atomic mass is 10.0. The van der Waals surface area contributed by atoms with Gasteiger partial charge in [0.1, 0.15) is 0 Å². The van der Waals surface area contributed by atoms with Crippen LogP contribution in [0.3, 0.4) is 0 Å². The van der Waals surface area contributed by atoms with Crippen LogP contribution in [0.4, 0.5) is 22.8 Å². The zero-order valence-electron chi connectivity index (χ0n) is 15.7. The van der Waals surface area contributed by atoms with Crippen molar-refractivity contribution in [1.82, 2.24) is 20.9 Å². The molecule has 2 heterocycles. The van der Waals surface area contributed by atoms with Crippen LogP contribution in [0.5, 0.6) is 0 Å². The number of nitrogens with zero attached hydrogens (tertiary/aromatic N) is 1. The van der Waals surface area contributed by atoms with Crippen LogP contribution in [-0.4, -0.2) is 53.8 Å². The summed E-state index contributed by atoms with van der Waals surface area (Å²) in [6, 6.07) is 3.55. The Morgan fingerprint density at radius 1 is 1.17 bits per heavy atom. The highest BCUT2D eigenvalue weighted by molar-refractivity contribution is 5.96. The van der Waals surface area contributed by atoms with Crippen LogP contribution >= 0.6 is 0 Å². The molecule has 1 aromatic carbocycles. The average Bonchev–Trinajstić information content (AvgIpc) is 2.67. The summed E-state index contributed by atoms with van der Waals surface area (Å²) >= 11 is 0. The SMILES string of the molecule is C[C@H](NC1NC(=O)N(C2CCOCC2)C(=O)N1)c1cccc([C@@H](O)C(F)(F)F)c1. The second-order valence-corrected chi connectivity index (χ2v) is 7.05. The first-order valence-corrected chi connectivity index (χ1v) is 9.25. The zero-order valence-corrected chi connectivity index (χ0v) is 15.7. The Bertz CT molecular complexity index is 737. The number of hydrogen-bond donors (Lipinski definition) is 4. The van der Waals surface area contributed by atoms with Gasteiger partial charge in [0.25, 0.3) is 0 Å². The second-order valence-electron chi connectivity index (χ2n) is 7.05. The molecule has 2 saturated heterocycles. The van der Waals surface area contributed by atoms with Gasteiger partial charge in [-0.3, -0.25) is 5.32 Å². The van der Waals surface area contributed by atoms with Crippen molar-refractivity contribution in [2.45, 2.75) is 50.4 Å². The molecule has 1 aromatic rings. The number of hydrogen-bond acceptors (Lipinski definition) is 5. The summed E-state index contributed by atoms with van der Waals surface area (Å²) in [6.45, 7) is 2.61. The fraction of sp³-hybridized carbons (Fsp3) is 0.556. The molecule has 0 bridgehead atoms. The van der Waals surface area contributed by atoms with Crippen LogP contribution in [0.25, 0.3) is 0 Å². The number of nitrogens with one attached hydrogen (secondary N) is 3. The van der Waals surface area contributed by atoms with Crippen LogP contribution in [0, 0.1) is 0 Å². The number of urea groups is 2. The van der Waals surface area contributed by atoms with E-state index in [9.17, 15) is 27.9 Å². The highest BCUT2D eigenvalue weighted by atomic mass is 19.4. The molecule has 11 heteroatoms. The lowest BCUT2D eigenvalue weighted by Gasteiger charge is -2.39. The molecule has 0 unspecified atom stereocenters. The number of aliphatic hydroxyl groups is 1. The number of ether oxygens (including phenoxy) is 1. The molecule has 29 heavy (non-hydrogen) atoms. The quantitative estimate of drug-likeness (QED) is 0.589. The minimum atomic E-state index is -4.77. The lowest BCUT2D eigenvalue weighted by molar-refractivity contribution is -0.206. The van der Waals surface area contributed by atoms with E-state index in [1.807, 2.05) is 0 Å². The number of benzene rings is 1. The van der Waals surface area contributed by atoms with E-state index in [-0.39, 0.29) is 11.6 Å². The first-order valence-electron chi connectivity index (χ1n) is 9.25. The molecule has 4 amide bonds. The van der Waals surface area contributed by atoms with Gasteiger partial charge in [-0.1, -0.05) is 24.3 Å². The second kappa shape index (κ2) is 8.56. The summed E-state index contributed by atoms with van der Waals surface area (Å²) in [4.78, 5) is 25.9. The van der Waals surface area contributed by atoms with Crippen molar-refractivity contribution in [2.24, 2.45) is 0 Å². The predicted molar refractivity (Wildman–Crippen MR) is 95.5 cm³/mol. The Kier molecular flexibility index (Phi) is 6.30. The number of rotatable bonds is 5. The van der Waals surface area contributed by atoms with Crippen LogP contribution < -0.4 is 16.0 Å². The Morgan fingerprint density at radius 2 is 1.76 bits per heavy atom. The highest BCUT2D eigenvalue weighted by Gasteiger charge is 2.40. The maximum absolute atomic E-state index is 12.7. The molecule has 0 radical (unpaired) electrons. The molecule has 0 spiro atoms. The summed E-state index contributed by atoms with van der Waals surface area (Å²) in [7, 11) is 0. The topological polar surface area (TPSA) is 103 Å². The van der Waals surface area contributed by atoms with Crippen LogP contribution in [0.15, 0.2) is 24.3 Å². The van der Waals surface area contributed by atoms with Gasteiger partial charge in [-0.25, -0.2) is 14.5 Å². The predicted octanol–water partition coefficient (Wildman–Crippen LogP) is 2.13. The largest absolute Gasteiger partial charge is 0.418 e. The lowest BCUT2D eigenvalue weighted by Crippen LogP contribution is -2.70. The smallest absolute Gasteiger partial charge is 0.381 e. The third-order valence-electron chi connectivity index (χ3n) is 4.98. The van der Waals surface area contributed by atoms with Gasteiger partial charge < -0.3 is 20.5 Å². The molecule has 2 aliphatic rings. The fourth-order valence-electron chi connectivity index (χ4n) is 3.41. The summed E-state index contributed by atoms with van der Waals surface area (Å²) in [5.74, 6) is 0. The van der Waals surface area contributed by atoms with Crippen molar-refractivity contribution >= 4 is 12.1 Å². The van der Waals surface area contributed by atoms with Crippen molar-refractivity contribution in [3.05, 3.63) is 35.4 Å². The Morgan fingerprint density at radius 3 is 2.34 bits per heavy atom. The van der Waals surface area contributed by atoms with Crippen LogP contribution in [0.1, 0.15) is 43.0 Å². The molecule has 0 aromatic heterocycles. The van der Waals surface area contributed by atoms with E-state index in [1.54, 1.807) is 13.0 Å². The Labute approximate surface area is 165 Å². The molecule has 0 saturated carbocycles. The van der Waals surface area contributed by atoms with E-state index < -0.39 is 36.7 Å². The highest BCUT2D eigenvalue weighted by Crippen LogP contribution is 2.33. The minimum absolute atomic E-state index is 0.248. The normalized spacial score (nSPS) is 21.5. The Hall–Kier alpha value is -2.37. The van der Waals surface area contributed by atoms with Gasteiger partial charge in [0, 0.05) is 25.3 Å². The number of aliphatic hydroxyl groups excluding tert-OH is 1. The van der Waals surface area contributed by atoms with Gasteiger partial charge in [-0.2, -0.15) is 13.2 Å². The fourth-order valence-corrected chi connectivity index (χ4v) is 3.41. The first-order chi connectivity index (χ1) is 13.7. The minimum Gasteiger partial charge on any atom is -0.381 e. The van der Waals surface area contributed by atoms with Gasteiger partial charge in [0.05, 0.1) is 0 Å². The van der Waals surface area contributed by atoms with Gasteiger partial charge in [0.15, 0.2) is 12.4 Å². The van der Waals surface area contributed by atoms with E-state index >= 15 is 0 Å². The number of amides is 4. The zero-order chi connectivity index (χ0) is 21.2. The van der Waals surface area contributed by atoms with Crippen molar-refractivity contribution in [3.8, 4) is 0 Å². The standard InChI is InChI=1S/C18H23F3N4O4/c1-10(11-3-2-4-12(9-11)14(26)18(19,20)21)22-15-23-16(27)25(17(28)24-15)13-5-7-29-8-6-13/h2-4,9-10,13-15,22,26H,5-8H2,1H3,(H,23,27)(H,24,28)/t10-,14+/m0/s1. The van der Waals surface area contributed by atoms with Crippen LogP contribution in [-0.2, 0) is 4.74 Å². The van der Waals surface area contributed by atoms with Crippen molar-refractivity contribution in [2.75, 3.05) is 13.2 Å². The molecule has 3 rings (SSSR count). The van der Waals surface area contributed by atoms with Crippen molar-refractivity contribution in [1.29, 1.82) is 0 Å². The number of carbonyl (C=O) groups is 2. The number of imide groups is 1. The monoisotopic (exact) mass is 416 g/mol. The maximum atomic E-state index is 12.7. The van der Waals surface area contributed by atoms with Crippen molar-refractivity contribution < 1.29 is 32.6 Å². The number of alkyl halides is 3. The summed E-state index contributed by atoms with van der Waals surface area (Å²) in [6.07, 6.45) is -7.13. The molecule has 4 N–H and O–H groups in total. The summed E-state index contributed by atoms with van der Waals surface area (Å²) in [5, 5.41) is 17.6. The van der Waals surface area contributed by atoms with Gasteiger partial charge in [-0.15, -0.1) is 0 Å². The molecule has 2 atom stereocenters. The molecule has 0 aliphatic carbocycles. The molecule has 160 valence electrons. The average molecular weight is 416 g/mol. The Balaban J connectivity index is 1.64. The van der Waals surface area contributed by atoms with E-state index in [2.05, 4.69) is 16.0 Å². The van der Waals surface area contributed by atoms with Gasteiger partial charge >= 0.3 is 18.2 Å². The van der Waals surface area contributed by atoms with E-state index in [1.165, 1.54) is 18.2 Å². The summed E-state index contributed by atoms with van der Waals surface area (Å²) < 4.78 is 43.5. The maximum Gasteiger partial charge on any atom is 0.418 e. The number of halogens is 3. The third kappa shape index (κ3) is 4.98. The molecule has 8 nitrogen and oxygen atoms in total.